The molecule has 0 N–H and O–H groups in total. The van der Waals surface area contributed by atoms with E-state index in [2.05, 4.69) is 93.7 Å². The van der Waals surface area contributed by atoms with Crippen molar-refractivity contribution >= 4 is 17.9 Å². The van der Waals surface area contributed by atoms with Gasteiger partial charge in [-0.25, -0.2) is 0 Å². The van der Waals surface area contributed by atoms with E-state index in [1.165, 1.54) is 70.6 Å². The summed E-state index contributed by atoms with van der Waals surface area (Å²) in [4.78, 5) is 37.9. The Hall–Kier alpha value is -3.67. The van der Waals surface area contributed by atoms with E-state index in [0.717, 1.165) is 116 Å². The van der Waals surface area contributed by atoms with Crippen LogP contribution in [0.2, 0.25) is 0 Å². The minimum Gasteiger partial charge on any atom is -0.462 e. The van der Waals surface area contributed by atoms with Crippen LogP contribution in [-0.2, 0) is 28.6 Å². The van der Waals surface area contributed by atoms with Crippen molar-refractivity contribution < 1.29 is 28.6 Å². The van der Waals surface area contributed by atoms with Gasteiger partial charge in [-0.15, -0.1) is 0 Å². The Morgan fingerprint density at radius 3 is 1.21 bits per heavy atom. The molecule has 358 valence electrons. The van der Waals surface area contributed by atoms with E-state index < -0.39 is 6.10 Å². The molecule has 0 radical (unpaired) electrons. The van der Waals surface area contributed by atoms with Crippen molar-refractivity contribution in [2.45, 2.75) is 232 Å². The Bertz CT molecular complexity index is 1280. The number of esters is 3. The van der Waals surface area contributed by atoms with Gasteiger partial charge in [0.05, 0.1) is 0 Å². The lowest BCUT2D eigenvalue weighted by molar-refractivity contribution is -0.167. The van der Waals surface area contributed by atoms with E-state index in [1.54, 1.807) is 0 Å². The third kappa shape index (κ3) is 49.2. The standard InChI is InChI=1S/C57H94O6/c1-4-7-10-13-16-19-22-25-27-28-29-31-32-35-38-41-44-47-50-56(59)62-53-54(52-61-55(58)49-46-43-40-37-34-24-21-18-15-12-9-6-3)63-57(60)51-48-45-42-39-36-33-30-26-23-20-17-14-11-8-5-2/h8-9,11-12,14,17-18,20-21,23,26,29-31,34,37,54H,4-7,10,13,15-16,19,22,24-25,27-28,32-33,35-36,38-53H2,1-3H3/b11-8-,12-9-,17-14-,21-18-,23-20-,30-26-,31-29-,37-34-. The first-order valence-corrected chi connectivity index (χ1v) is 25.8. The predicted molar refractivity (Wildman–Crippen MR) is 270 cm³/mol. The van der Waals surface area contributed by atoms with E-state index in [-0.39, 0.29) is 31.1 Å². The Morgan fingerprint density at radius 2 is 0.698 bits per heavy atom. The second-order valence-corrected chi connectivity index (χ2v) is 16.8. The molecule has 0 aromatic carbocycles. The molecule has 0 amide bonds. The fourth-order valence-electron chi connectivity index (χ4n) is 6.81. The van der Waals surface area contributed by atoms with Gasteiger partial charge in [-0.3, -0.25) is 14.4 Å². The minimum atomic E-state index is -0.809. The molecule has 0 spiro atoms. The molecule has 1 atom stereocenters. The monoisotopic (exact) mass is 875 g/mol. The van der Waals surface area contributed by atoms with Gasteiger partial charge in [0.25, 0.3) is 0 Å². The van der Waals surface area contributed by atoms with Gasteiger partial charge >= 0.3 is 17.9 Å². The summed E-state index contributed by atoms with van der Waals surface area (Å²) in [5.74, 6) is -0.981. The summed E-state index contributed by atoms with van der Waals surface area (Å²) in [6, 6.07) is 0. The highest BCUT2D eigenvalue weighted by molar-refractivity contribution is 5.71. The summed E-state index contributed by atoms with van der Waals surface area (Å²) in [5.41, 5.74) is 0. The van der Waals surface area contributed by atoms with Crippen molar-refractivity contribution in [3.8, 4) is 0 Å². The highest BCUT2D eigenvalue weighted by Crippen LogP contribution is 2.14. The third-order valence-corrected chi connectivity index (χ3v) is 10.6. The van der Waals surface area contributed by atoms with E-state index >= 15 is 0 Å². The molecule has 0 fully saturated rings. The average molecular weight is 875 g/mol. The number of ether oxygens (including phenoxy) is 3. The van der Waals surface area contributed by atoms with E-state index in [1.807, 2.05) is 24.3 Å². The number of carbonyl (C=O) groups is 3. The Balaban J connectivity index is 4.46. The van der Waals surface area contributed by atoms with Crippen LogP contribution in [0.1, 0.15) is 226 Å². The van der Waals surface area contributed by atoms with Gasteiger partial charge in [0.1, 0.15) is 13.2 Å². The third-order valence-electron chi connectivity index (χ3n) is 10.6. The Kier molecular flexibility index (Phi) is 48.0. The molecule has 0 aliphatic rings. The zero-order chi connectivity index (χ0) is 45.8. The summed E-state index contributed by atoms with van der Waals surface area (Å²) < 4.78 is 16.7. The first kappa shape index (κ1) is 59.3. The van der Waals surface area contributed by atoms with Crippen LogP contribution in [-0.4, -0.2) is 37.2 Å². The first-order chi connectivity index (χ1) is 31.0. The molecule has 0 saturated carbocycles. The fraction of sp³-hybridized carbons (Fsp3) is 0.667. The molecular weight excluding hydrogens is 781 g/mol. The summed E-state index contributed by atoms with van der Waals surface area (Å²) in [5, 5.41) is 0. The molecule has 63 heavy (non-hydrogen) atoms. The number of rotatable bonds is 45. The summed E-state index contributed by atoms with van der Waals surface area (Å²) in [6.45, 7) is 6.31. The quantitative estimate of drug-likeness (QED) is 0.0199. The summed E-state index contributed by atoms with van der Waals surface area (Å²) in [6.07, 6.45) is 66.8. The van der Waals surface area contributed by atoms with Crippen LogP contribution in [0, 0.1) is 0 Å². The Morgan fingerprint density at radius 1 is 0.349 bits per heavy atom. The maximum absolute atomic E-state index is 12.8. The van der Waals surface area contributed by atoms with Gasteiger partial charge in [-0.05, 0) is 96.3 Å². The lowest BCUT2D eigenvalue weighted by Crippen LogP contribution is -2.30. The maximum atomic E-state index is 12.8. The SMILES string of the molecule is CC\C=C/C=C\C=C/C=C\CCCCCCCC(=O)OC(COC(=O)CCCC/C=C\C/C=C\C/C=C\CC)COC(=O)CCCCCCC/C=C\CCCCCCCCCCC. The lowest BCUT2D eigenvalue weighted by atomic mass is 10.1. The number of hydrogen-bond acceptors (Lipinski definition) is 6. The van der Waals surface area contributed by atoms with Gasteiger partial charge < -0.3 is 14.2 Å². The van der Waals surface area contributed by atoms with Crippen LogP contribution in [0.3, 0.4) is 0 Å². The van der Waals surface area contributed by atoms with Gasteiger partial charge in [0.15, 0.2) is 6.10 Å². The molecule has 6 heteroatoms. The van der Waals surface area contributed by atoms with Crippen molar-refractivity contribution in [1.29, 1.82) is 0 Å². The Labute approximate surface area is 387 Å². The lowest BCUT2D eigenvalue weighted by Gasteiger charge is -2.18. The van der Waals surface area contributed by atoms with Crippen LogP contribution in [0.4, 0.5) is 0 Å². The molecule has 0 aliphatic heterocycles. The van der Waals surface area contributed by atoms with Crippen molar-refractivity contribution in [2.75, 3.05) is 13.2 Å². The van der Waals surface area contributed by atoms with Gasteiger partial charge in [-0.1, -0.05) is 208 Å². The second kappa shape index (κ2) is 51.0. The molecular formula is C57H94O6. The topological polar surface area (TPSA) is 78.9 Å². The van der Waals surface area contributed by atoms with Gasteiger partial charge in [0, 0.05) is 19.3 Å². The normalized spacial score (nSPS) is 12.9. The molecule has 6 nitrogen and oxygen atoms in total. The molecule has 0 aromatic heterocycles. The van der Waals surface area contributed by atoms with Crippen molar-refractivity contribution in [1.82, 2.24) is 0 Å². The molecule has 1 unspecified atom stereocenters. The fourth-order valence-corrected chi connectivity index (χ4v) is 6.81. The molecule has 0 aliphatic carbocycles. The van der Waals surface area contributed by atoms with Crippen molar-refractivity contribution in [2.24, 2.45) is 0 Å². The van der Waals surface area contributed by atoms with Crippen LogP contribution in [0.15, 0.2) is 97.2 Å². The number of unbranched alkanes of at least 4 members (excludes halogenated alkanes) is 21. The molecule has 0 saturated heterocycles. The highest BCUT2D eigenvalue weighted by atomic mass is 16.6. The zero-order valence-corrected chi connectivity index (χ0v) is 40.8. The average Bonchev–Trinajstić information content (AvgIpc) is 3.28. The molecule has 0 bridgehead atoms. The molecule has 0 aromatic rings. The van der Waals surface area contributed by atoms with E-state index in [4.69, 9.17) is 14.2 Å². The van der Waals surface area contributed by atoms with Crippen LogP contribution < -0.4 is 0 Å². The smallest absolute Gasteiger partial charge is 0.306 e. The predicted octanol–water partition coefficient (Wildman–Crippen LogP) is 17.0. The van der Waals surface area contributed by atoms with Crippen LogP contribution in [0.5, 0.6) is 0 Å². The first-order valence-electron chi connectivity index (χ1n) is 25.8. The largest absolute Gasteiger partial charge is 0.462 e. The van der Waals surface area contributed by atoms with Gasteiger partial charge in [-0.2, -0.15) is 0 Å². The van der Waals surface area contributed by atoms with E-state index in [9.17, 15) is 14.4 Å². The van der Waals surface area contributed by atoms with Crippen LogP contribution in [0.25, 0.3) is 0 Å². The second-order valence-electron chi connectivity index (χ2n) is 16.8. The minimum absolute atomic E-state index is 0.105. The molecule has 0 heterocycles. The summed E-state index contributed by atoms with van der Waals surface area (Å²) in [7, 11) is 0. The highest BCUT2D eigenvalue weighted by Gasteiger charge is 2.19. The maximum Gasteiger partial charge on any atom is 0.306 e. The number of allylic oxidation sites excluding steroid dienone is 16. The zero-order valence-electron chi connectivity index (χ0n) is 40.8. The van der Waals surface area contributed by atoms with Crippen molar-refractivity contribution in [3.63, 3.8) is 0 Å². The van der Waals surface area contributed by atoms with Gasteiger partial charge in [0.2, 0.25) is 0 Å². The number of carbonyl (C=O) groups excluding carboxylic acids is 3. The summed E-state index contributed by atoms with van der Waals surface area (Å²) >= 11 is 0. The van der Waals surface area contributed by atoms with Crippen LogP contribution >= 0.6 is 0 Å². The van der Waals surface area contributed by atoms with E-state index in [0.29, 0.717) is 19.3 Å². The number of hydrogen-bond donors (Lipinski definition) is 0. The van der Waals surface area contributed by atoms with Crippen molar-refractivity contribution in [3.05, 3.63) is 97.2 Å². The molecule has 0 rings (SSSR count).